The van der Waals surface area contributed by atoms with Gasteiger partial charge in [-0.3, -0.25) is 0 Å². The van der Waals surface area contributed by atoms with E-state index in [1.807, 2.05) is 0 Å². The molecule has 0 aliphatic rings. The first-order chi connectivity index (χ1) is 11.2. The van der Waals surface area contributed by atoms with Crippen LogP contribution in [0.15, 0.2) is 6.07 Å². The van der Waals surface area contributed by atoms with Crippen molar-refractivity contribution in [2.75, 3.05) is 19.8 Å². The fourth-order valence-corrected chi connectivity index (χ4v) is 1.94. The van der Waals surface area contributed by atoms with Crippen molar-refractivity contribution in [1.82, 2.24) is 0 Å². The predicted molar refractivity (Wildman–Crippen MR) is 91.0 cm³/mol. The average molecular weight is 326 g/mol. The molecule has 0 fully saturated rings. The molecule has 132 valence electrons. The molecule has 0 aliphatic carbocycles. The highest BCUT2D eigenvalue weighted by molar-refractivity contribution is 5.64. The predicted octanol–water partition coefficient (Wildman–Crippen LogP) is 4.63. The first-order valence-electron chi connectivity index (χ1n) is 8.62. The molecule has 1 rings (SSSR count). The van der Waals surface area contributed by atoms with Crippen LogP contribution in [0.5, 0.6) is 28.7 Å². The van der Waals surface area contributed by atoms with Gasteiger partial charge in [-0.25, -0.2) is 0 Å². The van der Waals surface area contributed by atoms with Crippen LogP contribution in [-0.4, -0.2) is 30.0 Å². The molecule has 5 heteroatoms. The molecule has 0 amide bonds. The SMILES string of the molecule is CCCCOc1cc(O)c(OCCCC)c(OCCCC)c1O. The van der Waals surface area contributed by atoms with Gasteiger partial charge in [0.1, 0.15) is 0 Å². The van der Waals surface area contributed by atoms with Crippen LogP contribution in [-0.2, 0) is 0 Å². The Morgan fingerprint density at radius 3 is 1.74 bits per heavy atom. The molecule has 0 spiro atoms. The van der Waals surface area contributed by atoms with E-state index in [9.17, 15) is 10.2 Å². The van der Waals surface area contributed by atoms with Crippen molar-refractivity contribution in [2.45, 2.75) is 59.3 Å². The van der Waals surface area contributed by atoms with Crippen LogP contribution < -0.4 is 14.2 Å². The number of benzene rings is 1. The van der Waals surface area contributed by atoms with Gasteiger partial charge in [-0.05, 0) is 19.3 Å². The van der Waals surface area contributed by atoms with E-state index in [0.29, 0.717) is 19.8 Å². The number of rotatable bonds is 12. The Bertz CT molecular complexity index is 459. The van der Waals surface area contributed by atoms with Crippen molar-refractivity contribution in [2.24, 2.45) is 0 Å². The van der Waals surface area contributed by atoms with E-state index in [-0.39, 0.29) is 28.7 Å². The zero-order valence-electron chi connectivity index (χ0n) is 14.6. The Morgan fingerprint density at radius 1 is 0.739 bits per heavy atom. The highest BCUT2D eigenvalue weighted by Gasteiger charge is 2.21. The topological polar surface area (TPSA) is 68.2 Å². The van der Waals surface area contributed by atoms with Crippen molar-refractivity contribution >= 4 is 0 Å². The fraction of sp³-hybridized carbons (Fsp3) is 0.667. The number of phenols is 2. The lowest BCUT2D eigenvalue weighted by Gasteiger charge is -2.18. The third-order valence-electron chi connectivity index (χ3n) is 3.40. The summed E-state index contributed by atoms with van der Waals surface area (Å²) in [7, 11) is 0. The molecule has 0 unspecified atom stereocenters. The van der Waals surface area contributed by atoms with E-state index in [1.54, 1.807) is 0 Å². The van der Waals surface area contributed by atoms with Crippen LogP contribution in [0.1, 0.15) is 59.3 Å². The molecule has 0 bridgehead atoms. The van der Waals surface area contributed by atoms with Gasteiger partial charge in [0.15, 0.2) is 11.5 Å². The summed E-state index contributed by atoms with van der Waals surface area (Å²) >= 11 is 0. The molecular weight excluding hydrogens is 296 g/mol. The highest BCUT2D eigenvalue weighted by Crippen LogP contribution is 2.49. The summed E-state index contributed by atoms with van der Waals surface area (Å²) in [5.74, 6) is 0.402. The van der Waals surface area contributed by atoms with Crippen molar-refractivity contribution in [3.05, 3.63) is 6.07 Å². The van der Waals surface area contributed by atoms with Crippen molar-refractivity contribution in [1.29, 1.82) is 0 Å². The van der Waals surface area contributed by atoms with Gasteiger partial charge in [-0.15, -0.1) is 0 Å². The lowest BCUT2D eigenvalue weighted by molar-refractivity contribution is 0.233. The lowest BCUT2D eigenvalue weighted by atomic mass is 10.2. The van der Waals surface area contributed by atoms with Gasteiger partial charge >= 0.3 is 0 Å². The number of ether oxygens (including phenoxy) is 3. The molecule has 1 aromatic rings. The van der Waals surface area contributed by atoms with Gasteiger partial charge in [0, 0.05) is 6.07 Å². The van der Waals surface area contributed by atoms with E-state index in [2.05, 4.69) is 20.8 Å². The Kier molecular flexibility index (Phi) is 9.10. The number of unbranched alkanes of at least 4 members (excludes halogenated alkanes) is 3. The maximum absolute atomic E-state index is 10.4. The summed E-state index contributed by atoms with van der Waals surface area (Å²) in [6.45, 7) is 7.57. The third kappa shape index (κ3) is 6.08. The summed E-state index contributed by atoms with van der Waals surface area (Å²) < 4.78 is 16.8. The van der Waals surface area contributed by atoms with Crippen LogP contribution >= 0.6 is 0 Å². The average Bonchev–Trinajstić information content (AvgIpc) is 2.54. The van der Waals surface area contributed by atoms with Crippen LogP contribution in [0.25, 0.3) is 0 Å². The zero-order chi connectivity index (χ0) is 17.1. The molecule has 0 saturated carbocycles. The minimum atomic E-state index is -0.110. The minimum absolute atomic E-state index is 0.0723. The number of hydrogen-bond acceptors (Lipinski definition) is 5. The van der Waals surface area contributed by atoms with Crippen LogP contribution in [0.4, 0.5) is 0 Å². The van der Waals surface area contributed by atoms with E-state index in [4.69, 9.17) is 14.2 Å². The normalized spacial score (nSPS) is 10.6. The maximum Gasteiger partial charge on any atom is 0.211 e. The van der Waals surface area contributed by atoms with Crippen molar-refractivity contribution in [3.63, 3.8) is 0 Å². The van der Waals surface area contributed by atoms with Crippen LogP contribution in [0, 0.1) is 0 Å². The van der Waals surface area contributed by atoms with Crippen LogP contribution in [0.3, 0.4) is 0 Å². The second kappa shape index (κ2) is 10.9. The number of aromatic hydroxyl groups is 2. The third-order valence-corrected chi connectivity index (χ3v) is 3.40. The van der Waals surface area contributed by atoms with Crippen LogP contribution in [0.2, 0.25) is 0 Å². The molecule has 0 aromatic heterocycles. The minimum Gasteiger partial charge on any atom is -0.504 e. The molecule has 5 nitrogen and oxygen atoms in total. The standard InChI is InChI=1S/C18H30O5/c1-4-7-10-21-15-13-14(19)17(22-11-8-5-2)18(16(15)20)23-12-9-6-3/h13,19-20H,4-12H2,1-3H3. The summed E-state index contributed by atoms with van der Waals surface area (Å²) in [5, 5.41) is 20.6. The zero-order valence-corrected chi connectivity index (χ0v) is 14.6. The second-order valence-electron chi connectivity index (χ2n) is 5.51. The van der Waals surface area contributed by atoms with Gasteiger partial charge in [0.25, 0.3) is 0 Å². The van der Waals surface area contributed by atoms with E-state index in [0.717, 1.165) is 38.5 Å². The van der Waals surface area contributed by atoms with Gasteiger partial charge in [-0.2, -0.15) is 0 Å². The number of hydrogen-bond donors (Lipinski definition) is 2. The van der Waals surface area contributed by atoms with Gasteiger partial charge < -0.3 is 24.4 Å². The Labute approximate surface area is 139 Å². The molecule has 0 atom stereocenters. The second-order valence-corrected chi connectivity index (χ2v) is 5.51. The Hall–Kier alpha value is -1.78. The van der Waals surface area contributed by atoms with E-state index >= 15 is 0 Å². The summed E-state index contributed by atoms with van der Waals surface area (Å²) in [6.07, 6.45) is 5.55. The number of phenolic OH excluding ortho intramolecular Hbond substituents is 2. The fourth-order valence-electron chi connectivity index (χ4n) is 1.94. The maximum atomic E-state index is 10.4. The molecule has 23 heavy (non-hydrogen) atoms. The Balaban J connectivity index is 2.98. The highest BCUT2D eigenvalue weighted by atomic mass is 16.5. The first-order valence-corrected chi connectivity index (χ1v) is 8.62. The monoisotopic (exact) mass is 326 g/mol. The molecule has 0 heterocycles. The van der Waals surface area contributed by atoms with E-state index < -0.39 is 0 Å². The first kappa shape index (κ1) is 19.3. The lowest BCUT2D eigenvalue weighted by Crippen LogP contribution is -2.04. The molecular formula is C18H30O5. The molecule has 0 aliphatic heterocycles. The Morgan fingerprint density at radius 2 is 1.22 bits per heavy atom. The van der Waals surface area contributed by atoms with Gasteiger partial charge in [0.05, 0.1) is 19.8 Å². The smallest absolute Gasteiger partial charge is 0.211 e. The van der Waals surface area contributed by atoms with Gasteiger partial charge in [-0.1, -0.05) is 40.0 Å². The van der Waals surface area contributed by atoms with Crippen molar-refractivity contribution < 1.29 is 24.4 Å². The molecule has 0 radical (unpaired) electrons. The molecule has 0 saturated heterocycles. The quantitative estimate of drug-likeness (QED) is 0.433. The van der Waals surface area contributed by atoms with Crippen molar-refractivity contribution in [3.8, 4) is 28.7 Å². The molecule has 1 aromatic carbocycles. The summed E-state index contributed by atoms with van der Waals surface area (Å²) in [5.41, 5.74) is 0. The summed E-state index contributed by atoms with van der Waals surface area (Å²) in [6, 6.07) is 1.39. The van der Waals surface area contributed by atoms with E-state index in [1.165, 1.54) is 6.07 Å². The van der Waals surface area contributed by atoms with Gasteiger partial charge in [0.2, 0.25) is 17.2 Å². The largest absolute Gasteiger partial charge is 0.504 e. The molecule has 2 N–H and O–H groups in total. The summed E-state index contributed by atoms with van der Waals surface area (Å²) in [4.78, 5) is 0.